The first-order valence-electron chi connectivity index (χ1n) is 7.35. The molecule has 0 aromatic heterocycles. The third-order valence-electron chi connectivity index (χ3n) is 3.42. The van der Waals surface area contributed by atoms with Gasteiger partial charge >= 0.3 is 0 Å². The van der Waals surface area contributed by atoms with Crippen LogP contribution in [0, 0.1) is 0 Å². The van der Waals surface area contributed by atoms with Crippen molar-refractivity contribution in [2.75, 3.05) is 5.32 Å². The summed E-state index contributed by atoms with van der Waals surface area (Å²) in [5.41, 5.74) is 1.42. The third-order valence-corrected chi connectivity index (χ3v) is 3.75. The summed E-state index contributed by atoms with van der Waals surface area (Å²) in [5.74, 6) is -0.839. The zero-order chi connectivity index (χ0) is 17.7. The molecule has 2 amide bonds. The first kappa shape index (κ1) is 17.7. The van der Waals surface area contributed by atoms with E-state index in [0.29, 0.717) is 21.8 Å². The summed E-state index contributed by atoms with van der Waals surface area (Å²) >= 11 is 5.96. The fraction of sp³-hybridized carbons (Fsp3) is 0.167. The molecule has 5 nitrogen and oxygen atoms in total. The summed E-state index contributed by atoms with van der Waals surface area (Å²) in [7, 11) is 0. The van der Waals surface area contributed by atoms with E-state index in [-0.39, 0.29) is 11.7 Å². The molecule has 0 fully saturated rings. The molecule has 2 aromatic rings. The summed E-state index contributed by atoms with van der Waals surface area (Å²) in [6, 6.07) is 12.4. The molecule has 0 radical (unpaired) electrons. The van der Waals surface area contributed by atoms with Crippen molar-refractivity contribution in [1.29, 1.82) is 0 Å². The normalized spacial score (nSPS) is 11.5. The molecule has 24 heavy (non-hydrogen) atoms. The molecular weight excluding hydrogens is 328 g/mol. The van der Waals surface area contributed by atoms with E-state index in [1.807, 2.05) is 0 Å². The molecular formula is C18H17ClN2O3. The predicted molar refractivity (Wildman–Crippen MR) is 93.5 cm³/mol. The van der Waals surface area contributed by atoms with Gasteiger partial charge in [0.15, 0.2) is 5.78 Å². The topological polar surface area (TPSA) is 75.3 Å². The van der Waals surface area contributed by atoms with Crippen LogP contribution in [0.15, 0.2) is 48.5 Å². The molecule has 2 aromatic carbocycles. The highest BCUT2D eigenvalue weighted by Gasteiger charge is 2.18. The number of anilines is 1. The molecule has 0 saturated heterocycles. The molecule has 2 rings (SSSR count). The van der Waals surface area contributed by atoms with Crippen molar-refractivity contribution in [1.82, 2.24) is 5.32 Å². The summed E-state index contributed by atoms with van der Waals surface area (Å²) < 4.78 is 0. The SMILES string of the molecule is CC(=O)c1ccc(NC(=O)C(C)NC(=O)c2ccccc2Cl)cc1. The van der Waals surface area contributed by atoms with Gasteiger partial charge in [-0.1, -0.05) is 23.7 Å². The molecule has 2 N–H and O–H groups in total. The van der Waals surface area contributed by atoms with Gasteiger partial charge in [-0.05, 0) is 50.2 Å². The molecule has 0 aliphatic heterocycles. The number of nitrogens with one attached hydrogen (secondary N) is 2. The predicted octanol–water partition coefficient (Wildman–Crippen LogP) is 3.30. The van der Waals surface area contributed by atoms with Gasteiger partial charge in [-0.3, -0.25) is 14.4 Å². The van der Waals surface area contributed by atoms with Gasteiger partial charge in [0, 0.05) is 11.3 Å². The smallest absolute Gasteiger partial charge is 0.253 e. The van der Waals surface area contributed by atoms with Crippen LogP contribution in [0.2, 0.25) is 5.02 Å². The number of carbonyl (C=O) groups is 3. The number of ketones is 1. The molecule has 0 saturated carbocycles. The highest BCUT2D eigenvalue weighted by Crippen LogP contribution is 2.15. The van der Waals surface area contributed by atoms with Crippen molar-refractivity contribution in [2.45, 2.75) is 19.9 Å². The third kappa shape index (κ3) is 4.43. The fourth-order valence-corrected chi connectivity index (χ4v) is 2.25. The average molecular weight is 345 g/mol. The van der Waals surface area contributed by atoms with Crippen LogP contribution < -0.4 is 10.6 Å². The molecule has 1 unspecified atom stereocenters. The van der Waals surface area contributed by atoms with Crippen molar-refractivity contribution in [3.8, 4) is 0 Å². The van der Waals surface area contributed by atoms with E-state index in [2.05, 4.69) is 10.6 Å². The van der Waals surface area contributed by atoms with Crippen molar-refractivity contribution >= 4 is 34.9 Å². The Hall–Kier alpha value is -2.66. The van der Waals surface area contributed by atoms with Crippen LogP contribution >= 0.6 is 11.6 Å². The molecule has 0 aliphatic carbocycles. The lowest BCUT2D eigenvalue weighted by Crippen LogP contribution is -2.41. The summed E-state index contributed by atoms with van der Waals surface area (Å²) in [6.45, 7) is 3.05. The number of amides is 2. The zero-order valence-corrected chi connectivity index (χ0v) is 14.1. The van der Waals surface area contributed by atoms with Crippen molar-refractivity contribution < 1.29 is 14.4 Å². The Morgan fingerprint density at radius 2 is 1.62 bits per heavy atom. The van der Waals surface area contributed by atoms with Crippen LogP contribution in [0.3, 0.4) is 0 Å². The highest BCUT2D eigenvalue weighted by atomic mass is 35.5. The molecule has 0 spiro atoms. The van der Waals surface area contributed by atoms with E-state index >= 15 is 0 Å². The van der Waals surface area contributed by atoms with Gasteiger partial charge in [-0.25, -0.2) is 0 Å². The maximum absolute atomic E-state index is 12.2. The molecule has 0 aliphatic rings. The molecule has 124 valence electrons. The number of carbonyl (C=O) groups excluding carboxylic acids is 3. The number of halogens is 1. The van der Waals surface area contributed by atoms with E-state index in [1.54, 1.807) is 55.5 Å². The molecule has 0 bridgehead atoms. The Morgan fingerprint density at radius 1 is 1.00 bits per heavy atom. The minimum atomic E-state index is -0.749. The van der Waals surface area contributed by atoms with Gasteiger partial charge in [0.25, 0.3) is 5.91 Å². The average Bonchev–Trinajstić information content (AvgIpc) is 2.55. The second-order valence-corrected chi connectivity index (χ2v) is 5.70. The molecule has 0 heterocycles. The summed E-state index contributed by atoms with van der Waals surface area (Å²) in [5, 5.41) is 5.60. The lowest BCUT2D eigenvalue weighted by Gasteiger charge is -2.15. The van der Waals surface area contributed by atoms with E-state index in [4.69, 9.17) is 11.6 Å². The fourth-order valence-electron chi connectivity index (χ4n) is 2.02. The highest BCUT2D eigenvalue weighted by molar-refractivity contribution is 6.33. The van der Waals surface area contributed by atoms with Crippen LogP contribution in [0.4, 0.5) is 5.69 Å². The van der Waals surface area contributed by atoms with E-state index in [9.17, 15) is 14.4 Å². The standard InChI is InChI=1S/C18H17ClN2O3/c1-11(20-18(24)15-5-3-4-6-16(15)19)17(23)21-14-9-7-13(8-10-14)12(2)22/h3-11H,1-2H3,(H,20,24)(H,21,23). The Kier molecular flexibility index (Phi) is 5.71. The van der Waals surface area contributed by atoms with Crippen LogP contribution in [-0.4, -0.2) is 23.6 Å². The minimum absolute atomic E-state index is 0.0479. The Morgan fingerprint density at radius 3 is 2.21 bits per heavy atom. The second kappa shape index (κ2) is 7.75. The number of Topliss-reactive ketones (excluding diaryl/α,β-unsaturated/α-hetero) is 1. The van der Waals surface area contributed by atoms with E-state index in [1.165, 1.54) is 6.92 Å². The van der Waals surface area contributed by atoms with Crippen molar-refractivity contribution in [3.05, 3.63) is 64.7 Å². The van der Waals surface area contributed by atoms with E-state index in [0.717, 1.165) is 0 Å². The van der Waals surface area contributed by atoms with Gasteiger partial charge < -0.3 is 10.6 Å². The Balaban J connectivity index is 1.98. The Labute approximate surface area is 145 Å². The summed E-state index contributed by atoms with van der Waals surface area (Å²) in [6.07, 6.45) is 0. The van der Waals surface area contributed by atoms with Crippen molar-refractivity contribution in [3.63, 3.8) is 0 Å². The Bertz CT molecular complexity index is 772. The first-order chi connectivity index (χ1) is 11.4. The first-order valence-corrected chi connectivity index (χ1v) is 7.73. The lowest BCUT2D eigenvalue weighted by molar-refractivity contribution is -0.117. The van der Waals surface area contributed by atoms with Crippen LogP contribution in [0.5, 0.6) is 0 Å². The van der Waals surface area contributed by atoms with Gasteiger partial charge in [0.1, 0.15) is 6.04 Å². The van der Waals surface area contributed by atoms with Crippen LogP contribution in [-0.2, 0) is 4.79 Å². The maximum atomic E-state index is 12.2. The monoisotopic (exact) mass is 344 g/mol. The van der Waals surface area contributed by atoms with E-state index < -0.39 is 11.9 Å². The largest absolute Gasteiger partial charge is 0.340 e. The van der Waals surface area contributed by atoms with Gasteiger partial charge in [0.2, 0.25) is 5.91 Å². The quantitative estimate of drug-likeness (QED) is 0.817. The lowest BCUT2D eigenvalue weighted by atomic mass is 10.1. The van der Waals surface area contributed by atoms with Gasteiger partial charge in [-0.2, -0.15) is 0 Å². The number of hydrogen-bond acceptors (Lipinski definition) is 3. The van der Waals surface area contributed by atoms with Crippen LogP contribution in [0.25, 0.3) is 0 Å². The number of hydrogen-bond donors (Lipinski definition) is 2. The minimum Gasteiger partial charge on any atom is -0.340 e. The second-order valence-electron chi connectivity index (χ2n) is 5.30. The van der Waals surface area contributed by atoms with Gasteiger partial charge in [-0.15, -0.1) is 0 Å². The maximum Gasteiger partial charge on any atom is 0.253 e. The van der Waals surface area contributed by atoms with Crippen molar-refractivity contribution in [2.24, 2.45) is 0 Å². The number of rotatable bonds is 5. The molecule has 6 heteroatoms. The zero-order valence-electron chi connectivity index (χ0n) is 13.3. The summed E-state index contributed by atoms with van der Waals surface area (Å²) in [4.78, 5) is 35.5. The van der Waals surface area contributed by atoms with Crippen LogP contribution in [0.1, 0.15) is 34.6 Å². The molecule has 1 atom stereocenters. The van der Waals surface area contributed by atoms with Gasteiger partial charge in [0.05, 0.1) is 10.6 Å². The number of benzene rings is 2.